The summed E-state index contributed by atoms with van der Waals surface area (Å²) in [4.78, 5) is 21.8. The number of alkyl halides is 3. The first-order valence-corrected chi connectivity index (χ1v) is 5.80. The van der Waals surface area contributed by atoms with Crippen LogP contribution in [0.25, 0.3) is 0 Å². The number of carboxylic acid groups (broad SMARTS) is 1. The van der Waals surface area contributed by atoms with E-state index in [9.17, 15) is 14.7 Å². The maximum absolute atomic E-state index is 11.1. The van der Waals surface area contributed by atoms with E-state index >= 15 is 0 Å². The summed E-state index contributed by atoms with van der Waals surface area (Å²) in [7, 11) is 0. The predicted octanol–water partition coefficient (Wildman–Crippen LogP) is -3.06. The summed E-state index contributed by atoms with van der Waals surface area (Å²) >= 11 is 16.0. The van der Waals surface area contributed by atoms with Gasteiger partial charge in [-0.3, -0.25) is 0 Å². The van der Waals surface area contributed by atoms with Crippen molar-refractivity contribution in [1.82, 2.24) is 5.32 Å². The van der Waals surface area contributed by atoms with E-state index < -0.39 is 28.5 Å². The average molecular weight is 330 g/mol. The van der Waals surface area contributed by atoms with Crippen LogP contribution in [0.2, 0.25) is 0 Å². The molecule has 0 saturated heterocycles. The van der Waals surface area contributed by atoms with E-state index in [1.165, 1.54) is 0 Å². The van der Waals surface area contributed by atoms with Crippen LogP contribution in [0.1, 0.15) is 12.8 Å². The van der Waals surface area contributed by atoms with Gasteiger partial charge in [0.05, 0.1) is 12.0 Å². The molecule has 18 heavy (non-hydrogen) atoms. The Balaban J connectivity index is 0. The molecule has 0 aromatic carbocycles. The van der Waals surface area contributed by atoms with Crippen LogP contribution < -0.4 is 45.7 Å². The fourth-order valence-corrected chi connectivity index (χ4v) is 1.07. The van der Waals surface area contributed by atoms with Crippen LogP contribution in [0.5, 0.6) is 0 Å². The third-order valence-electron chi connectivity index (χ3n) is 1.64. The molecular weight excluding hydrogens is 317 g/mol. The van der Waals surface area contributed by atoms with Gasteiger partial charge in [0.15, 0.2) is 0 Å². The molecule has 10 heteroatoms. The topological polar surface area (TPSA) is 104 Å². The number of nitrogens with one attached hydrogen (secondary N) is 1. The number of ether oxygens (including phenoxy) is 1. The maximum atomic E-state index is 11.1. The van der Waals surface area contributed by atoms with Crippen molar-refractivity contribution >= 4 is 46.9 Å². The normalized spacial score (nSPS) is 12.2. The number of amides is 1. The minimum Gasteiger partial charge on any atom is -0.548 e. The minimum atomic E-state index is -1.74. The van der Waals surface area contributed by atoms with Gasteiger partial charge in [-0.15, -0.1) is 0 Å². The standard InChI is InChI=1S/C8H13Cl3N2O4.Na/c9-8(10,11)4-17-7(16)13-5(6(14)15)2-1-3-12;/h5H,1-4,12H2,(H,13,16)(H,14,15);/q;+1/p-1/t5-;/m0./s1. The molecule has 0 heterocycles. The van der Waals surface area contributed by atoms with Crippen molar-refractivity contribution in [2.75, 3.05) is 13.2 Å². The Hall–Kier alpha value is 0.570. The number of nitrogens with two attached hydrogens (primary N) is 1. The summed E-state index contributed by atoms with van der Waals surface area (Å²) in [6.07, 6.45) is -0.437. The molecule has 0 spiro atoms. The monoisotopic (exact) mass is 328 g/mol. The fraction of sp³-hybridized carbons (Fsp3) is 0.750. The van der Waals surface area contributed by atoms with E-state index in [1.54, 1.807) is 0 Å². The van der Waals surface area contributed by atoms with Crippen molar-refractivity contribution in [3.63, 3.8) is 0 Å². The van der Waals surface area contributed by atoms with Crippen LogP contribution in [-0.4, -0.2) is 35.0 Å². The van der Waals surface area contributed by atoms with E-state index in [0.717, 1.165) is 0 Å². The maximum Gasteiger partial charge on any atom is 1.00 e. The van der Waals surface area contributed by atoms with Gasteiger partial charge < -0.3 is 25.7 Å². The first-order valence-electron chi connectivity index (χ1n) is 4.67. The molecular formula is C8H12Cl3N2NaO4. The van der Waals surface area contributed by atoms with E-state index in [2.05, 4.69) is 10.1 Å². The quantitative estimate of drug-likeness (QED) is 0.398. The second-order valence-corrected chi connectivity index (χ2v) is 5.65. The van der Waals surface area contributed by atoms with Gasteiger partial charge in [0.1, 0.15) is 6.61 Å². The summed E-state index contributed by atoms with van der Waals surface area (Å²) in [6, 6.07) is -1.18. The molecule has 1 amide bonds. The molecule has 0 aliphatic heterocycles. The van der Waals surface area contributed by atoms with E-state index in [0.29, 0.717) is 13.0 Å². The number of carbonyl (C=O) groups is 2. The molecule has 0 saturated carbocycles. The van der Waals surface area contributed by atoms with Crippen molar-refractivity contribution in [1.29, 1.82) is 0 Å². The number of carboxylic acids is 1. The molecule has 0 bridgehead atoms. The molecule has 0 aliphatic carbocycles. The van der Waals surface area contributed by atoms with Crippen molar-refractivity contribution in [3.8, 4) is 0 Å². The summed E-state index contributed by atoms with van der Waals surface area (Å²) in [6.45, 7) is -0.186. The van der Waals surface area contributed by atoms with Gasteiger partial charge in [0, 0.05) is 0 Å². The minimum absolute atomic E-state index is 0. The van der Waals surface area contributed by atoms with Gasteiger partial charge in [-0.05, 0) is 19.4 Å². The number of rotatable bonds is 6. The predicted molar refractivity (Wildman–Crippen MR) is 61.9 cm³/mol. The molecule has 100 valence electrons. The molecule has 0 rings (SSSR count). The first kappa shape index (κ1) is 20.9. The molecule has 0 fully saturated rings. The summed E-state index contributed by atoms with van der Waals surface area (Å²) < 4.78 is 2.75. The third kappa shape index (κ3) is 11.6. The molecule has 1 atom stereocenters. The summed E-state index contributed by atoms with van der Waals surface area (Å²) in [5.74, 6) is -1.43. The molecule has 3 N–H and O–H groups in total. The number of halogens is 3. The number of carbonyl (C=O) groups excluding carboxylic acids is 2. The van der Waals surface area contributed by atoms with Gasteiger partial charge in [-0.1, -0.05) is 34.8 Å². The Kier molecular flexibility index (Phi) is 12.0. The number of aliphatic carboxylic acids is 1. The molecule has 6 nitrogen and oxygen atoms in total. The van der Waals surface area contributed by atoms with Crippen LogP contribution in [0.4, 0.5) is 4.79 Å². The Morgan fingerprint density at radius 2 is 1.94 bits per heavy atom. The Morgan fingerprint density at radius 1 is 1.39 bits per heavy atom. The van der Waals surface area contributed by atoms with Crippen molar-refractivity contribution in [2.24, 2.45) is 5.73 Å². The van der Waals surface area contributed by atoms with E-state index in [-0.39, 0.29) is 36.0 Å². The van der Waals surface area contributed by atoms with Crippen LogP contribution in [0.15, 0.2) is 0 Å². The Labute approximate surface area is 142 Å². The largest absolute Gasteiger partial charge is 1.00 e. The Bertz CT molecular complexity index is 276. The zero-order valence-electron chi connectivity index (χ0n) is 9.75. The smallest absolute Gasteiger partial charge is 0.548 e. The molecule has 0 aromatic heterocycles. The second kappa shape index (κ2) is 10.4. The molecule has 0 unspecified atom stereocenters. The number of hydrogen-bond acceptors (Lipinski definition) is 5. The fourth-order valence-electron chi connectivity index (χ4n) is 0.902. The van der Waals surface area contributed by atoms with E-state index in [1.807, 2.05) is 0 Å². The van der Waals surface area contributed by atoms with Gasteiger partial charge in [0.25, 0.3) is 0 Å². The van der Waals surface area contributed by atoms with Gasteiger partial charge in [0.2, 0.25) is 3.79 Å². The van der Waals surface area contributed by atoms with E-state index in [4.69, 9.17) is 40.5 Å². The van der Waals surface area contributed by atoms with Gasteiger partial charge in [-0.25, -0.2) is 4.79 Å². The summed E-state index contributed by atoms with van der Waals surface area (Å²) in [5.41, 5.74) is 5.21. The summed E-state index contributed by atoms with van der Waals surface area (Å²) in [5, 5.41) is 12.7. The van der Waals surface area contributed by atoms with Gasteiger partial charge >= 0.3 is 35.7 Å². The van der Waals surface area contributed by atoms with Crippen LogP contribution in [0.3, 0.4) is 0 Å². The molecule has 0 aliphatic rings. The molecule has 0 aromatic rings. The zero-order valence-corrected chi connectivity index (χ0v) is 14.0. The van der Waals surface area contributed by atoms with Crippen molar-refractivity contribution < 1.29 is 49.0 Å². The molecule has 0 radical (unpaired) electrons. The second-order valence-electron chi connectivity index (χ2n) is 3.14. The third-order valence-corrected chi connectivity index (χ3v) is 1.97. The number of hydrogen-bond donors (Lipinski definition) is 2. The number of alkyl carbamates (subject to hydrolysis) is 1. The van der Waals surface area contributed by atoms with Crippen molar-refractivity contribution in [2.45, 2.75) is 22.7 Å². The average Bonchev–Trinajstić information content (AvgIpc) is 2.19. The van der Waals surface area contributed by atoms with Crippen molar-refractivity contribution in [3.05, 3.63) is 0 Å². The Morgan fingerprint density at radius 3 is 2.33 bits per heavy atom. The zero-order chi connectivity index (χ0) is 13.5. The first-order chi connectivity index (χ1) is 7.76. The van der Waals surface area contributed by atoms with Crippen LogP contribution >= 0.6 is 34.8 Å². The van der Waals surface area contributed by atoms with Crippen LogP contribution in [0, 0.1) is 0 Å². The van der Waals surface area contributed by atoms with Crippen LogP contribution in [-0.2, 0) is 9.53 Å². The van der Waals surface area contributed by atoms with Gasteiger partial charge in [-0.2, -0.15) is 0 Å². The SMILES string of the molecule is NCCC[C@H](NC(=O)OCC(Cl)(Cl)Cl)C(=O)[O-].[Na+].